The Kier molecular flexibility index (Phi) is 13.9. The van der Waals surface area contributed by atoms with Crippen molar-refractivity contribution in [3.63, 3.8) is 0 Å². The van der Waals surface area contributed by atoms with Gasteiger partial charge in [-0.05, 0) is 62.1 Å². The third kappa shape index (κ3) is 12.7. The van der Waals surface area contributed by atoms with E-state index in [2.05, 4.69) is 14.4 Å². The first-order chi connectivity index (χ1) is 21.3. The highest BCUT2D eigenvalue weighted by molar-refractivity contribution is 5.88. The molecule has 0 saturated heterocycles. The highest BCUT2D eigenvalue weighted by Crippen LogP contribution is 2.26. The number of carbonyl (C=O) groups excluding carboxylic acids is 5. The molecule has 0 radical (unpaired) electrons. The fourth-order valence-electron chi connectivity index (χ4n) is 3.46. The molecule has 3 unspecified atom stereocenters. The summed E-state index contributed by atoms with van der Waals surface area (Å²) >= 11 is 0. The highest BCUT2D eigenvalue weighted by atomic mass is 17.0. The predicted octanol–water partition coefficient (Wildman–Crippen LogP) is 2.00. The van der Waals surface area contributed by atoms with Crippen molar-refractivity contribution in [1.82, 2.24) is 0 Å². The standard InChI is InChI=1S/C27H30N2O16/c1-16(25(32)40-14-23(30)43-17(2)26(33)39-10-4-5-11-42-28(35)36)19-6-7-21-13-22(9-8-20(21)12-19)44-24(31)15-41-27(34)18(3)45-29(37)38/h6-9,12-13,16-18H,4-5,10-11,14-15H2,1-3H3. The van der Waals surface area contributed by atoms with Gasteiger partial charge in [0.25, 0.3) is 10.2 Å². The van der Waals surface area contributed by atoms with Crippen LogP contribution in [0.3, 0.4) is 0 Å². The maximum Gasteiger partial charge on any atom is 0.349 e. The van der Waals surface area contributed by atoms with Crippen molar-refractivity contribution in [1.29, 1.82) is 0 Å². The summed E-state index contributed by atoms with van der Waals surface area (Å²) in [5.74, 6) is -5.29. The number of hydrogen-bond acceptors (Lipinski definition) is 16. The van der Waals surface area contributed by atoms with Gasteiger partial charge in [0.2, 0.25) is 6.10 Å². The van der Waals surface area contributed by atoms with E-state index in [1.165, 1.54) is 19.1 Å². The van der Waals surface area contributed by atoms with Gasteiger partial charge in [-0.25, -0.2) is 19.2 Å². The minimum Gasteiger partial charge on any atom is -0.463 e. The lowest BCUT2D eigenvalue weighted by atomic mass is 9.98. The normalized spacial score (nSPS) is 12.5. The second kappa shape index (κ2) is 17.5. The molecular weight excluding hydrogens is 608 g/mol. The molecule has 18 heteroatoms. The monoisotopic (exact) mass is 638 g/mol. The molecule has 0 aromatic heterocycles. The fraction of sp³-hybridized carbons (Fsp3) is 0.444. The molecule has 0 aliphatic rings. The van der Waals surface area contributed by atoms with Crippen molar-refractivity contribution < 1.29 is 67.5 Å². The first kappa shape index (κ1) is 35.6. The number of hydrogen-bond donors (Lipinski definition) is 0. The molecule has 2 aromatic rings. The van der Waals surface area contributed by atoms with E-state index in [9.17, 15) is 44.2 Å². The van der Waals surface area contributed by atoms with Crippen molar-refractivity contribution in [2.75, 3.05) is 26.4 Å². The second-order valence-electron chi connectivity index (χ2n) is 9.21. The van der Waals surface area contributed by atoms with E-state index < -0.39 is 71.4 Å². The zero-order valence-corrected chi connectivity index (χ0v) is 24.4. The summed E-state index contributed by atoms with van der Waals surface area (Å²) < 4.78 is 24.6. The van der Waals surface area contributed by atoms with E-state index >= 15 is 0 Å². The minimum atomic E-state index is -1.52. The minimum absolute atomic E-state index is 0.0609. The molecule has 18 nitrogen and oxygen atoms in total. The Balaban J connectivity index is 1.81. The number of benzene rings is 2. The Morgan fingerprint density at radius 2 is 1.31 bits per heavy atom. The van der Waals surface area contributed by atoms with Crippen LogP contribution in [0.5, 0.6) is 5.75 Å². The number of ether oxygens (including phenoxy) is 5. The van der Waals surface area contributed by atoms with Gasteiger partial charge in [0.1, 0.15) is 5.75 Å². The van der Waals surface area contributed by atoms with Crippen LogP contribution >= 0.6 is 0 Å². The van der Waals surface area contributed by atoms with Crippen LogP contribution in [0.1, 0.15) is 45.1 Å². The van der Waals surface area contributed by atoms with Crippen molar-refractivity contribution in [2.24, 2.45) is 0 Å². The largest absolute Gasteiger partial charge is 0.463 e. The van der Waals surface area contributed by atoms with Crippen LogP contribution in [-0.2, 0) is 52.6 Å². The average Bonchev–Trinajstić information content (AvgIpc) is 2.98. The number of fused-ring (bicyclic) bond motifs is 1. The zero-order valence-electron chi connectivity index (χ0n) is 24.4. The van der Waals surface area contributed by atoms with E-state index in [4.69, 9.17) is 18.9 Å². The fourth-order valence-corrected chi connectivity index (χ4v) is 3.46. The lowest BCUT2D eigenvalue weighted by Gasteiger charge is -2.15. The van der Waals surface area contributed by atoms with Crippen molar-refractivity contribution in [3.05, 3.63) is 62.2 Å². The Morgan fingerprint density at radius 1 is 0.711 bits per heavy atom. The molecule has 0 spiro atoms. The zero-order chi connectivity index (χ0) is 33.5. The van der Waals surface area contributed by atoms with E-state index in [0.29, 0.717) is 22.8 Å². The predicted molar refractivity (Wildman–Crippen MR) is 146 cm³/mol. The van der Waals surface area contributed by atoms with E-state index in [0.717, 1.165) is 6.92 Å². The second-order valence-corrected chi connectivity index (χ2v) is 9.21. The van der Waals surface area contributed by atoms with Crippen LogP contribution in [0.15, 0.2) is 36.4 Å². The molecule has 0 fully saturated rings. The first-order valence-corrected chi connectivity index (χ1v) is 13.3. The van der Waals surface area contributed by atoms with Crippen LogP contribution in [0, 0.1) is 20.2 Å². The summed E-state index contributed by atoms with van der Waals surface area (Å²) in [6.45, 7) is 2.15. The molecule has 244 valence electrons. The smallest absolute Gasteiger partial charge is 0.349 e. The molecule has 0 N–H and O–H groups in total. The molecule has 0 amide bonds. The molecule has 0 saturated carbocycles. The molecule has 0 aliphatic carbocycles. The quantitative estimate of drug-likeness (QED) is 0.0566. The van der Waals surface area contributed by atoms with Crippen LogP contribution in [0.2, 0.25) is 0 Å². The summed E-state index contributed by atoms with van der Waals surface area (Å²) in [4.78, 5) is 88.6. The van der Waals surface area contributed by atoms with Gasteiger partial charge in [0.15, 0.2) is 19.3 Å². The number of esters is 5. The third-order valence-electron chi connectivity index (χ3n) is 5.78. The van der Waals surface area contributed by atoms with Crippen LogP contribution in [0.4, 0.5) is 0 Å². The Morgan fingerprint density at radius 3 is 2.00 bits per heavy atom. The van der Waals surface area contributed by atoms with Gasteiger partial charge in [-0.3, -0.25) is 9.63 Å². The molecule has 2 aromatic carbocycles. The Bertz CT molecular complexity index is 1410. The lowest BCUT2D eigenvalue weighted by Crippen LogP contribution is -2.29. The Hall–Kier alpha value is -5.55. The van der Waals surface area contributed by atoms with E-state index in [-0.39, 0.29) is 25.4 Å². The van der Waals surface area contributed by atoms with Gasteiger partial charge in [0, 0.05) is 0 Å². The van der Waals surface area contributed by atoms with Crippen molar-refractivity contribution in [3.8, 4) is 5.75 Å². The number of nitrogens with zero attached hydrogens (tertiary/aromatic N) is 2. The lowest BCUT2D eigenvalue weighted by molar-refractivity contribution is -0.764. The van der Waals surface area contributed by atoms with Gasteiger partial charge >= 0.3 is 29.8 Å². The van der Waals surface area contributed by atoms with Gasteiger partial charge < -0.3 is 28.5 Å². The number of unbranched alkanes of at least 4 members (excludes halogenated alkanes) is 1. The van der Waals surface area contributed by atoms with E-state index in [1.807, 2.05) is 0 Å². The van der Waals surface area contributed by atoms with Crippen LogP contribution in [-0.4, -0.2) is 78.7 Å². The van der Waals surface area contributed by atoms with Crippen molar-refractivity contribution >= 4 is 40.6 Å². The molecular formula is C27H30N2O16. The molecule has 0 aliphatic heterocycles. The SMILES string of the molecule is CC(OC(=O)COC(=O)C(C)c1ccc2cc(OC(=O)COC(=O)C(C)O[N+](=O)[O-])ccc2c1)C(=O)OCCCCO[N+](=O)[O-]. The van der Waals surface area contributed by atoms with E-state index in [1.54, 1.807) is 31.2 Å². The van der Waals surface area contributed by atoms with Crippen LogP contribution < -0.4 is 4.74 Å². The molecule has 0 heterocycles. The topological polar surface area (TPSA) is 236 Å². The van der Waals surface area contributed by atoms with Gasteiger partial charge in [0.05, 0.1) is 19.1 Å². The van der Waals surface area contributed by atoms with Crippen LogP contribution in [0.25, 0.3) is 10.8 Å². The number of carbonyl (C=O) groups is 5. The maximum atomic E-state index is 12.5. The van der Waals surface area contributed by atoms with Gasteiger partial charge in [-0.1, -0.05) is 24.3 Å². The highest BCUT2D eigenvalue weighted by Gasteiger charge is 2.23. The van der Waals surface area contributed by atoms with Gasteiger partial charge in [-0.2, -0.15) is 0 Å². The molecule has 2 rings (SSSR count). The summed E-state index contributed by atoms with van der Waals surface area (Å²) in [5.41, 5.74) is 0.546. The molecule has 3 atom stereocenters. The Labute approximate surface area is 254 Å². The maximum absolute atomic E-state index is 12.5. The first-order valence-electron chi connectivity index (χ1n) is 13.3. The summed E-state index contributed by atoms with van der Waals surface area (Å²) in [7, 11) is 0. The average molecular weight is 639 g/mol. The molecule has 45 heavy (non-hydrogen) atoms. The molecule has 0 bridgehead atoms. The van der Waals surface area contributed by atoms with Crippen molar-refractivity contribution in [2.45, 2.75) is 51.7 Å². The summed E-state index contributed by atoms with van der Waals surface area (Å²) in [6.07, 6.45) is -2.22. The van der Waals surface area contributed by atoms with Gasteiger partial charge in [-0.15, -0.1) is 20.2 Å². The summed E-state index contributed by atoms with van der Waals surface area (Å²) in [6, 6.07) is 9.55. The summed E-state index contributed by atoms with van der Waals surface area (Å²) in [5, 5.41) is 19.5. The third-order valence-corrected chi connectivity index (χ3v) is 5.78. The number of rotatable bonds is 18.